The molecule has 3 rings (SSSR count). The van der Waals surface area contributed by atoms with E-state index >= 15 is 0 Å². The second-order valence-electron chi connectivity index (χ2n) is 6.04. The van der Waals surface area contributed by atoms with Crippen LogP contribution in [0, 0.1) is 6.92 Å². The molecule has 2 aromatic carbocycles. The minimum absolute atomic E-state index is 0.112. The molecule has 2 aromatic rings. The van der Waals surface area contributed by atoms with Crippen molar-refractivity contribution < 1.29 is 13.2 Å². The number of carbonyl (C=O) groups excluding carboxylic acids is 1. The van der Waals surface area contributed by atoms with Gasteiger partial charge in [-0.1, -0.05) is 29.8 Å². The summed E-state index contributed by atoms with van der Waals surface area (Å²) < 4.78 is 27.6. The normalized spacial score (nSPS) is 17.0. The van der Waals surface area contributed by atoms with Crippen molar-refractivity contribution in [2.75, 3.05) is 11.9 Å². The van der Waals surface area contributed by atoms with Crippen molar-refractivity contribution >= 4 is 33.4 Å². The van der Waals surface area contributed by atoms with Crippen LogP contribution < -0.4 is 10.0 Å². The Labute approximate surface area is 152 Å². The Morgan fingerprint density at radius 2 is 1.88 bits per heavy atom. The fraction of sp³-hybridized carbons (Fsp3) is 0.278. The van der Waals surface area contributed by atoms with Crippen LogP contribution in [-0.2, 0) is 21.2 Å². The number of sulfonamides is 1. The molecule has 1 aliphatic heterocycles. The van der Waals surface area contributed by atoms with Crippen molar-refractivity contribution in [2.45, 2.75) is 35.3 Å². The summed E-state index contributed by atoms with van der Waals surface area (Å²) in [6, 6.07) is 12.8. The van der Waals surface area contributed by atoms with Crippen LogP contribution in [0.1, 0.15) is 18.1 Å². The zero-order valence-corrected chi connectivity index (χ0v) is 15.7. The molecule has 0 spiro atoms. The van der Waals surface area contributed by atoms with Gasteiger partial charge in [0.25, 0.3) is 0 Å². The van der Waals surface area contributed by atoms with Crippen LogP contribution >= 0.6 is 11.8 Å². The van der Waals surface area contributed by atoms with Gasteiger partial charge in [-0.05, 0) is 44.0 Å². The van der Waals surface area contributed by atoms with Gasteiger partial charge in [-0.15, -0.1) is 11.8 Å². The molecule has 0 saturated carbocycles. The number of benzene rings is 2. The van der Waals surface area contributed by atoms with E-state index in [9.17, 15) is 13.2 Å². The molecule has 0 aromatic heterocycles. The van der Waals surface area contributed by atoms with E-state index in [1.807, 2.05) is 38.1 Å². The third kappa shape index (κ3) is 4.23. The molecule has 1 atom stereocenters. The van der Waals surface area contributed by atoms with Gasteiger partial charge in [-0.3, -0.25) is 4.79 Å². The van der Waals surface area contributed by atoms with E-state index in [2.05, 4.69) is 10.0 Å². The largest absolute Gasteiger partial charge is 0.324 e. The van der Waals surface area contributed by atoms with Gasteiger partial charge in [0.15, 0.2) is 0 Å². The van der Waals surface area contributed by atoms with E-state index in [0.717, 1.165) is 10.5 Å². The van der Waals surface area contributed by atoms with Gasteiger partial charge < -0.3 is 5.32 Å². The lowest BCUT2D eigenvalue weighted by molar-refractivity contribution is -0.115. The fourth-order valence-corrected chi connectivity index (χ4v) is 4.51. The highest BCUT2D eigenvalue weighted by atomic mass is 32.2. The number of carbonyl (C=O) groups is 1. The Bertz CT molecular complexity index is 893. The molecule has 0 fully saturated rings. The van der Waals surface area contributed by atoms with Crippen LogP contribution in [0.4, 0.5) is 5.69 Å². The van der Waals surface area contributed by atoms with Crippen LogP contribution in [0.15, 0.2) is 52.3 Å². The molecule has 132 valence electrons. The van der Waals surface area contributed by atoms with Gasteiger partial charge in [0.05, 0.1) is 15.8 Å². The van der Waals surface area contributed by atoms with Crippen molar-refractivity contribution in [1.29, 1.82) is 0 Å². The number of aryl methyl sites for hydroxylation is 1. The number of thioether (sulfide) groups is 1. The summed E-state index contributed by atoms with van der Waals surface area (Å²) in [6.07, 6.45) is 0.620. The maximum atomic E-state index is 12.5. The molecule has 0 aliphatic carbocycles. The van der Waals surface area contributed by atoms with Gasteiger partial charge in [0.1, 0.15) is 0 Å². The van der Waals surface area contributed by atoms with E-state index < -0.39 is 10.0 Å². The summed E-state index contributed by atoms with van der Waals surface area (Å²) in [5, 5.41) is 2.58. The highest BCUT2D eigenvalue weighted by Gasteiger charge is 2.25. The van der Waals surface area contributed by atoms with Crippen molar-refractivity contribution in [3.8, 4) is 0 Å². The highest BCUT2D eigenvalue weighted by molar-refractivity contribution is 8.01. The number of nitrogens with one attached hydrogen (secondary N) is 2. The summed E-state index contributed by atoms with van der Waals surface area (Å²) in [4.78, 5) is 12.8. The predicted molar refractivity (Wildman–Crippen MR) is 100 cm³/mol. The van der Waals surface area contributed by atoms with E-state index in [0.29, 0.717) is 18.7 Å². The quantitative estimate of drug-likeness (QED) is 0.841. The van der Waals surface area contributed by atoms with Gasteiger partial charge >= 0.3 is 0 Å². The monoisotopic (exact) mass is 376 g/mol. The van der Waals surface area contributed by atoms with Crippen LogP contribution in [0.3, 0.4) is 0 Å². The first kappa shape index (κ1) is 18.0. The topological polar surface area (TPSA) is 75.3 Å². The Balaban J connectivity index is 1.69. The van der Waals surface area contributed by atoms with Crippen LogP contribution in [0.25, 0.3) is 0 Å². The van der Waals surface area contributed by atoms with Gasteiger partial charge in [0.2, 0.25) is 15.9 Å². The average molecular weight is 377 g/mol. The standard InChI is InChI=1S/C18H20N2O3S2/c1-12-3-5-14(6-4-12)9-10-19-25(22,23)15-7-8-17-16(11-15)20-18(21)13(2)24-17/h3-8,11,13,19H,9-10H2,1-2H3,(H,20,21). The second kappa shape index (κ2) is 7.19. The zero-order chi connectivity index (χ0) is 18.0. The maximum Gasteiger partial charge on any atom is 0.240 e. The first-order valence-electron chi connectivity index (χ1n) is 8.02. The molecular weight excluding hydrogens is 356 g/mol. The van der Waals surface area contributed by atoms with Crippen LogP contribution in [0.5, 0.6) is 0 Å². The lowest BCUT2D eigenvalue weighted by atomic mass is 10.1. The van der Waals surface area contributed by atoms with Gasteiger partial charge in [0, 0.05) is 11.4 Å². The third-order valence-corrected chi connectivity index (χ3v) is 6.65. The average Bonchev–Trinajstić information content (AvgIpc) is 2.57. The number of anilines is 1. The molecule has 1 unspecified atom stereocenters. The number of fused-ring (bicyclic) bond motifs is 1. The molecule has 5 nitrogen and oxygen atoms in total. The number of amides is 1. The van der Waals surface area contributed by atoms with E-state index in [4.69, 9.17) is 0 Å². The molecule has 25 heavy (non-hydrogen) atoms. The van der Waals surface area contributed by atoms with Crippen molar-refractivity contribution in [1.82, 2.24) is 4.72 Å². The maximum absolute atomic E-state index is 12.5. The third-order valence-electron chi connectivity index (χ3n) is 4.02. The molecule has 2 N–H and O–H groups in total. The van der Waals surface area contributed by atoms with E-state index in [1.54, 1.807) is 12.1 Å². The minimum atomic E-state index is -3.61. The summed E-state index contributed by atoms with van der Waals surface area (Å²) in [5.41, 5.74) is 2.80. The lowest BCUT2D eigenvalue weighted by Gasteiger charge is -2.21. The molecule has 0 bridgehead atoms. The molecule has 1 aliphatic rings. The first-order chi connectivity index (χ1) is 11.8. The zero-order valence-electron chi connectivity index (χ0n) is 14.1. The Morgan fingerprint density at radius 1 is 1.16 bits per heavy atom. The molecular formula is C18H20N2O3S2. The summed E-state index contributed by atoms with van der Waals surface area (Å²) in [6.45, 7) is 4.15. The second-order valence-corrected chi connectivity index (χ2v) is 9.19. The molecule has 0 radical (unpaired) electrons. The highest BCUT2D eigenvalue weighted by Crippen LogP contribution is 2.36. The minimum Gasteiger partial charge on any atom is -0.324 e. The molecule has 1 amide bonds. The van der Waals surface area contributed by atoms with Gasteiger partial charge in [-0.2, -0.15) is 0 Å². The van der Waals surface area contributed by atoms with Crippen LogP contribution in [0.2, 0.25) is 0 Å². The Hall–Kier alpha value is -1.83. The fourth-order valence-electron chi connectivity index (χ4n) is 2.52. The van der Waals surface area contributed by atoms with E-state index in [-0.39, 0.29) is 16.1 Å². The lowest BCUT2D eigenvalue weighted by Crippen LogP contribution is -2.28. The first-order valence-corrected chi connectivity index (χ1v) is 10.4. The summed E-state index contributed by atoms with van der Waals surface area (Å²) in [5.74, 6) is -0.112. The summed E-state index contributed by atoms with van der Waals surface area (Å²) >= 11 is 1.43. The van der Waals surface area contributed by atoms with Crippen molar-refractivity contribution in [3.05, 3.63) is 53.6 Å². The van der Waals surface area contributed by atoms with E-state index in [1.165, 1.54) is 23.4 Å². The number of rotatable bonds is 5. The molecule has 1 heterocycles. The number of hydrogen-bond acceptors (Lipinski definition) is 4. The smallest absolute Gasteiger partial charge is 0.240 e. The SMILES string of the molecule is Cc1ccc(CCNS(=O)(=O)c2ccc3c(c2)NC(=O)C(C)S3)cc1. The Morgan fingerprint density at radius 3 is 2.60 bits per heavy atom. The predicted octanol–water partition coefficient (Wildman–Crippen LogP) is 2.95. The van der Waals surface area contributed by atoms with Crippen molar-refractivity contribution in [2.24, 2.45) is 0 Å². The molecule has 7 heteroatoms. The van der Waals surface area contributed by atoms with Crippen molar-refractivity contribution in [3.63, 3.8) is 0 Å². The summed E-state index contributed by atoms with van der Waals surface area (Å²) in [7, 11) is -3.61. The Kier molecular flexibility index (Phi) is 5.17. The number of hydrogen-bond donors (Lipinski definition) is 2. The molecule has 0 saturated heterocycles. The van der Waals surface area contributed by atoms with Crippen LogP contribution in [-0.4, -0.2) is 26.1 Å². The van der Waals surface area contributed by atoms with Gasteiger partial charge in [-0.25, -0.2) is 13.1 Å².